The van der Waals surface area contributed by atoms with Gasteiger partial charge in [-0.05, 0) is 25.2 Å². The molecule has 0 heterocycles. The van der Waals surface area contributed by atoms with Crippen molar-refractivity contribution in [1.29, 1.82) is 0 Å². The van der Waals surface area contributed by atoms with Crippen LogP contribution >= 0.6 is 0 Å². The summed E-state index contributed by atoms with van der Waals surface area (Å²) in [6.07, 6.45) is 4.89. The first-order valence-electron chi connectivity index (χ1n) is 3.68. The predicted molar refractivity (Wildman–Crippen MR) is 38.7 cm³/mol. The summed E-state index contributed by atoms with van der Waals surface area (Å²) in [5.74, 6) is -0.180. The number of carboxylic acid groups (broad SMARTS) is 1. The van der Waals surface area contributed by atoms with Crippen LogP contribution < -0.4 is 0 Å². The van der Waals surface area contributed by atoms with Crippen LogP contribution in [0.2, 0.25) is 0 Å². The van der Waals surface area contributed by atoms with E-state index in [1.807, 2.05) is 13.0 Å². The molecule has 0 bridgehead atoms. The summed E-state index contributed by atoms with van der Waals surface area (Å²) in [5.41, 5.74) is 0.572. The van der Waals surface area contributed by atoms with Crippen LogP contribution in [0, 0.1) is 5.92 Å². The molecule has 1 rings (SSSR count). The number of carbonyl (C=O) groups is 1. The lowest BCUT2D eigenvalue weighted by molar-refractivity contribution is -0.132. The molecule has 10 heavy (non-hydrogen) atoms. The Morgan fingerprint density at radius 3 is 2.60 bits per heavy atom. The molecular formula is C8H12O2. The minimum absolute atomic E-state index is 0.572. The highest BCUT2D eigenvalue weighted by molar-refractivity contribution is 5.86. The quantitative estimate of drug-likeness (QED) is 0.607. The Hall–Kier alpha value is -0.790. The smallest absolute Gasteiger partial charge is 0.331 e. The van der Waals surface area contributed by atoms with Gasteiger partial charge < -0.3 is 5.11 Å². The van der Waals surface area contributed by atoms with Crippen LogP contribution in [0.3, 0.4) is 0 Å². The molecule has 0 aromatic carbocycles. The summed E-state index contributed by atoms with van der Waals surface area (Å²) < 4.78 is 0. The maximum atomic E-state index is 10.4. The first-order valence-corrected chi connectivity index (χ1v) is 3.68. The third kappa shape index (κ3) is 1.87. The van der Waals surface area contributed by atoms with Gasteiger partial charge in [0.25, 0.3) is 0 Å². The molecule has 1 aliphatic rings. The van der Waals surface area contributed by atoms with Gasteiger partial charge in [-0.3, -0.25) is 0 Å². The van der Waals surface area contributed by atoms with Crippen LogP contribution in [0.15, 0.2) is 11.6 Å². The fourth-order valence-electron chi connectivity index (χ4n) is 0.888. The minimum atomic E-state index is -0.755. The summed E-state index contributed by atoms with van der Waals surface area (Å²) in [6, 6.07) is 0. The Morgan fingerprint density at radius 1 is 1.70 bits per heavy atom. The first-order chi connectivity index (χ1) is 4.74. The van der Waals surface area contributed by atoms with Crippen LogP contribution in [0.4, 0.5) is 0 Å². The topological polar surface area (TPSA) is 37.3 Å². The largest absolute Gasteiger partial charge is 0.478 e. The Labute approximate surface area is 60.6 Å². The van der Waals surface area contributed by atoms with Gasteiger partial charge in [-0.2, -0.15) is 0 Å². The van der Waals surface area contributed by atoms with Gasteiger partial charge in [-0.15, -0.1) is 0 Å². The van der Waals surface area contributed by atoms with Gasteiger partial charge in [0.15, 0.2) is 0 Å². The van der Waals surface area contributed by atoms with Crippen LogP contribution in [-0.2, 0) is 4.79 Å². The second-order valence-corrected chi connectivity index (χ2v) is 2.69. The van der Waals surface area contributed by atoms with Crippen molar-refractivity contribution < 1.29 is 9.90 Å². The van der Waals surface area contributed by atoms with Crippen molar-refractivity contribution in [2.75, 3.05) is 0 Å². The van der Waals surface area contributed by atoms with Crippen molar-refractivity contribution in [3.8, 4) is 0 Å². The Morgan fingerprint density at radius 2 is 2.30 bits per heavy atom. The van der Waals surface area contributed by atoms with E-state index in [9.17, 15) is 4.79 Å². The average Bonchev–Trinajstić information content (AvgIpc) is 2.64. The lowest BCUT2D eigenvalue weighted by atomic mass is 10.1. The van der Waals surface area contributed by atoms with Gasteiger partial charge in [0, 0.05) is 5.57 Å². The van der Waals surface area contributed by atoms with Gasteiger partial charge in [0.2, 0.25) is 0 Å². The highest BCUT2D eigenvalue weighted by atomic mass is 16.4. The lowest BCUT2D eigenvalue weighted by Gasteiger charge is -1.94. The number of hydrogen-bond donors (Lipinski definition) is 1. The molecule has 1 fully saturated rings. The van der Waals surface area contributed by atoms with Crippen LogP contribution in [0.5, 0.6) is 0 Å². The molecule has 0 amide bonds. The van der Waals surface area contributed by atoms with E-state index in [1.165, 1.54) is 12.8 Å². The van der Waals surface area contributed by atoms with Gasteiger partial charge in [-0.25, -0.2) is 4.79 Å². The second-order valence-electron chi connectivity index (χ2n) is 2.69. The van der Waals surface area contributed by atoms with E-state index in [-0.39, 0.29) is 0 Å². The molecule has 0 aromatic heterocycles. The molecule has 1 N–H and O–H groups in total. The maximum Gasteiger partial charge on any atom is 0.331 e. The summed E-state index contributed by atoms with van der Waals surface area (Å²) in [4.78, 5) is 10.4. The standard InChI is InChI=1S/C8H12O2/c1-2-7(8(9)10)5-6-3-4-6/h5-6H,2-4H2,1H3,(H,9,10)/b7-5+. The Kier molecular flexibility index (Phi) is 2.10. The zero-order chi connectivity index (χ0) is 7.56. The summed E-state index contributed by atoms with van der Waals surface area (Å²) >= 11 is 0. The van der Waals surface area contributed by atoms with Crippen molar-refractivity contribution in [3.63, 3.8) is 0 Å². The third-order valence-electron chi connectivity index (χ3n) is 1.71. The number of aliphatic carboxylic acids is 1. The van der Waals surface area contributed by atoms with Crippen molar-refractivity contribution in [2.24, 2.45) is 5.92 Å². The lowest BCUT2D eigenvalue weighted by Crippen LogP contribution is -1.99. The van der Waals surface area contributed by atoms with Crippen molar-refractivity contribution in [2.45, 2.75) is 26.2 Å². The first kappa shape index (κ1) is 7.32. The highest BCUT2D eigenvalue weighted by Crippen LogP contribution is 2.31. The van der Waals surface area contributed by atoms with Crippen LogP contribution in [0.1, 0.15) is 26.2 Å². The third-order valence-corrected chi connectivity index (χ3v) is 1.71. The molecule has 56 valence electrons. The molecule has 1 saturated carbocycles. The van der Waals surface area contributed by atoms with Crippen LogP contribution in [-0.4, -0.2) is 11.1 Å². The molecule has 2 nitrogen and oxygen atoms in total. The van der Waals surface area contributed by atoms with E-state index in [2.05, 4.69) is 0 Å². The molecule has 0 unspecified atom stereocenters. The van der Waals surface area contributed by atoms with E-state index in [0.29, 0.717) is 17.9 Å². The molecule has 1 aliphatic carbocycles. The number of rotatable bonds is 3. The summed E-state index contributed by atoms with van der Waals surface area (Å²) in [5, 5.41) is 8.58. The van der Waals surface area contributed by atoms with Crippen LogP contribution in [0.25, 0.3) is 0 Å². The zero-order valence-electron chi connectivity index (χ0n) is 6.13. The van der Waals surface area contributed by atoms with E-state index >= 15 is 0 Å². The maximum absolute atomic E-state index is 10.4. The minimum Gasteiger partial charge on any atom is -0.478 e. The number of hydrogen-bond acceptors (Lipinski definition) is 1. The van der Waals surface area contributed by atoms with Gasteiger partial charge >= 0.3 is 5.97 Å². The predicted octanol–water partition coefficient (Wildman–Crippen LogP) is 1.82. The molecular weight excluding hydrogens is 128 g/mol. The van der Waals surface area contributed by atoms with Crippen molar-refractivity contribution in [3.05, 3.63) is 11.6 Å². The van der Waals surface area contributed by atoms with Crippen molar-refractivity contribution >= 4 is 5.97 Å². The highest BCUT2D eigenvalue weighted by Gasteiger charge is 2.20. The molecule has 0 atom stereocenters. The van der Waals surface area contributed by atoms with Gasteiger partial charge in [0.05, 0.1) is 0 Å². The molecule has 0 aromatic rings. The number of allylic oxidation sites excluding steroid dienone is 1. The fourth-order valence-corrected chi connectivity index (χ4v) is 0.888. The Bertz CT molecular complexity index is 166. The summed E-state index contributed by atoms with van der Waals surface area (Å²) in [7, 11) is 0. The second kappa shape index (κ2) is 2.86. The zero-order valence-corrected chi connectivity index (χ0v) is 6.13. The fraction of sp³-hybridized carbons (Fsp3) is 0.625. The monoisotopic (exact) mass is 140 g/mol. The van der Waals surface area contributed by atoms with E-state index in [0.717, 1.165) is 0 Å². The van der Waals surface area contributed by atoms with Gasteiger partial charge in [-0.1, -0.05) is 13.0 Å². The average molecular weight is 140 g/mol. The molecule has 0 radical (unpaired) electrons. The van der Waals surface area contributed by atoms with E-state index < -0.39 is 5.97 Å². The number of carboxylic acids is 1. The van der Waals surface area contributed by atoms with E-state index in [1.54, 1.807) is 0 Å². The normalized spacial score (nSPS) is 19.1. The molecule has 0 spiro atoms. The Balaban J connectivity index is 2.52. The SMILES string of the molecule is CC/C(=C\C1CC1)C(=O)O. The van der Waals surface area contributed by atoms with Gasteiger partial charge in [0.1, 0.15) is 0 Å². The molecule has 0 saturated heterocycles. The van der Waals surface area contributed by atoms with Crippen molar-refractivity contribution in [1.82, 2.24) is 0 Å². The molecule has 2 heteroatoms. The van der Waals surface area contributed by atoms with E-state index in [4.69, 9.17) is 5.11 Å². The molecule has 0 aliphatic heterocycles. The summed E-state index contributed by atoms with van der Waals surface area (Å²) in [6.45, 7) is 1.88.